The summed E-state index contributed by atoms with van der Waals surface area (Å²) >= 11 is 0. The second-order valence-electron chi connectivity index (χ2n) is 4.48. The lowest BCUT2D eigenvalue weighted by molar-refractivity contribution is -0.216. The molecule has 1 aromatic rings. The minimum atomic E-state index is -5.26. The molecule has 1 N–H and O–H groups in total. The molecule has 7 nitrogen and oxygen atoms in total. The Labute approximate surface area is 129 Å². The summed E-state index contributed by atoms with van der Waals surface area (Å²) < 4.78 is 50.7. The molecule has 0 aromatic carbocycles. The fourth-order valence-corrected chi connectivity index (χ4v) is 1.89. The molecule has 1 unspecified atom stereocenters. The molecule has 0 saturated heterocycles. The molecule has 0 fully saturated rings. The Morgan fingerprint density at radius 3 is 2.30 bits per heavy atom. The maximum Gasteiger partial charge on any atom is 0.426 e. The van der Waals surface area contributed by atoms with Gasteiger partial charge in [-0.2, -0.15) is 13.2 Å². The highest BCUT2D eigenvalue weighted by atomic mass is 19.4. The average Bonchev–Trinajstić information content (AvgIpc) is 2.89. The Kier molecular flexibility index (Phi) is 5.41. The zero-order chi connectivity index (χ0) is 17.8. The molecule has 0 aliphatic carbocycles. The molecule has 1 amide bonds. The number of rotatable bonds is 4. The molecule has 1 atom stereocenters. The third kappa shape index (κ3) is 3.46. The molecule has 10 heteroatoms. The largest absolute Gasteiger partial charge is 0.467 e. The zero-order valence-corrected chi connectivity index (χ0v) is 12.6. The minimum absolute atomic E-state index is 0.213. The first kappa shape index (κ1) is 18.5. The standard InChI is InChI=1S/C13H15F3N2O5/c1-4-23-10(20)9(19)17-12(11(21)22-3,13(14,15)16)8-5-6-18(2)7-8/h5-7H,4H2,1-3H3,(H,17,19). The molecule has 1 rings (SSSR count). The lowest BCUT2D eigenvalue weighted by Crippen LogP contribution is -2.62. The number of esters is 2. The summed E-state index contributed by atoms with van der Waals surface area (Å²) in [6.07, 6.45) is -3.03. The Morgan fingerprint density at radius 2 is 1.91 bits per heavy atom. The number of carbonyl (C=O) groups is 3. The fourth-order valence-electron chi connectivity index (χ4n) is 1.89. The molecule has 0 spiro atoms. The van der Waals surface area contributed by atoms with E-state index in [0.717, 1.165) is 19.4 Å². The van der Waals surface area contributed by atoms with Gasteiger partial charge in [-0.1, -0.05) is 0 Å². The first-order valence-electron chi connectivity index (χ1n) is 6.37. The summed E-state index contributed by atoms with van der Waals surface area (Å²) in [6, 6.07) is 0.982. The van der Waals surface area contributed by atoms with Gasteiger partial charge in [0.15, 0.2) is 0 Å². The number of nitrogens with one attached hydrogen (secondary N) is 1. The van der Waals surface area contributed by atoms with Gasteiger partial charge in [-0.05, 0) is 13.0 Å². The summed E-state index contributed by atoms with van der Waals surface area (Å²) in [5.74, 6) is -5.03. The number of halogens is 3. The van der Waals surface area contributed by atoms with Crippen LogP contribution in [0.15, 0.2) is 18.5 Å². The SMILES string of the molecule is CCOC(=O)C(=O)NC(C(=O)OC)(c1ccn(C)c1)C(F)(F)F. The number of carbonyl (C=O) groups excluding carboxylic acids is 3. The number of hydrogen-bond donors (Lipinski definition) is 1. The Hall–Kier alpha value is -2.52. The molecule has 0 aliphatic heterocycles. The van der Waals surface area contributed by atoms with Crippen molar-refractivity contribution in [2.24, 2.45) is 7.05 Å². The smallest absolute Gasteiger partial charge is 0.426 e. The summed E-state index contributed by atoms with van der Waals surface area (Å²) in [7, 11) is 2.16. The number of ether oxygens (including phenoxy) is 2. The van der Waals surface area contributed by atoms with Crippen molar-refractivity contribution in [3.05, 3.63) is 24.0 Å². The number of aromatic nitrogens is 1. The van der Waals surface area contributed by atoms with Crippen LogP contribution in [0.5, 0.6) is 0 Å². The average molecular weight is 336 g/mol. The van der Waals surface area contributed by atoms with Crippen LogP contribution < -0.4 is 5.32 Å². The van der Waals surface area contributed by atoms with Crippen molar-refractivity contribution < 1.29 is 37.0 Å². The summed E-state index contributed by atoms with van der Waals surface area (Å²) in [4.78, 5) is 34.9. The van der Waals surface area contributed by atoms with Crippen molar-refractivity contribution in [2.75, 3.05) is 13.7 Å². The zero-order valence-electron chi connectivity index (χ0n) is 12.6. The first-order valence-corrected chi connectivity index (χ1v) is 6.37. The third-order valence-electron chi connectivity index (χ3n) is 2.94. The number of alkyl halides is 3. The fraction of sp³-hybridized carbons (Fsp3) is 0.462. The van der Waals surface area contributed by atoms with Gasteiger partial charge < -0.3 is 19.4 Å². The highest BCUT2D eigenvalue weighted by molar-refractivity contribution is 6.33. The van der Waals surface area contributed by atoms with Crippen LogP contribution in [0, 0.1) is 0 Å². The number of hydrogen-bond acceptors (Lipinski definition) is 5. The maximum absolute atomic E-state index is 13.6. The molecule has 0 bridgehead atoms. The predicted octanol–water partition coefficient (Wildman–Crippen LogP) is 0.635. The number of nitrogens with zero attached hydrogens (tertiary/aromatic N) is 1. The Balaban J connectivity index is 3.43. The van der Waals surface area contributed by atoms with Crippen LogP contribution >= 0.6 is 0 Å². The van der Waals surface area contributed by atoms with Crippen molar-refractivity contribution in [1.82, 2.24) is 9.88 Å². The minimum Gasteiger partial charge on any atom is -0.467 e. The van der Waals surface area contributed by atoms with Crippen LogP contribution in [-0.4, -0.2) is 42.3 Å². The number of amides is 1. The topological polar surface area (TPSA) is 86.6 Å². The molecule has 0 aliphatic rings. The predicted molar refractivity (Wildman–Crippen MR) is 69.9 cm³/mol. The number of aryl methyl sites for hydroxylation is 1. The van der Waals surface area contributed by atoms with Crippen molar-refractivity contribution in [3.63, 3.8) is 0 Å². The van der Waals surface area contributed by atoms with E-state index in [1.165, 1.54) is 30.1 Å². The van der Waals surface area contributed by atoms with Crippen LogP contribution in [0.25, 0.3) is 0 Å². The highest BCUT2D eigenvalue weighted by Gasteiger charge is 2.64. The van der Waals surface area contributed by atoms with E-state index in [1.54, 1.807) is 0 Å². The van der Waals surface area contributed by atoms with E-state index in [-0.39, 0.29) is 6.61 Å². The second-order valence-corrected chi connectivity index (χ2v) is 4.48. The maximum atomic E-state index is 13.6. The second kappa shape index (κ2) is 6.71. The van der Waals surface area contributed by atoms with Crippen LogP contribution in [0.1, 0.15) is 12.5 Å². The van der Waals surface area contributed by atoms with E-state index in [9.17, 15) is 27.6 Å². The molecular weight excluding hydrogens is 321 g/mol. The lowest BCUT2D eigenvalue weighted by atomic mass is 9.91. The number of methoxy groups -OCH3 is 1. The van der Waals surface area contributed by atoms with E-state index in [0.29, 0.717) is 0 Å². The molecule has 0 radical (unpaired) electrons. The lowest BCUT2D eigenvalue weighted by Gasteiger charge is -2.32. The van der Waals surface area contributed by atoms with E-state index in [4.69, 9.17) is 0 Å². The van der Waals surface area contributed by atoms with Gasteiger partial charge in [0.1, 0.15) is 0 Å². The molecule has 1 aromatic heterocycles. The van der Waals surface area contributed by atoms with Gasteiger partial charge in [-0.3, -0.25) is 4.79 Å². The molecule has 0 saturated carbocycles. The Morgan fingerprint density at radius 1 is 1.30 bits per heavy atom. The third-order valence-corrected chi connectivity index (χ3v) is 2.94. The van der Waals surface area contributed by atoms with Gasteiger partial charge in [-0.15, -0.1) is 0 Å². The summed E-state index contributed by atoms with van der Waals surface area (Å²) in [5.41, 5.74) is -4.12. The van der Waals surface area contributed by atoms with Crippen LogP contribution in [0.2, 0.25) is 0 Å². The van der Waals surface area contributed by atoms with Crippen molar-refractivity contribution in [3.8, 4) is 0 Å². The van der Waals surface area contributed by atoms with Gasteiger partial charge >= 0.3 is 24.0 Å². The monoisotopic (exact) mass is 336 g/mol. The van der Waals surface area contributed by atoms with Crippen molar-refractivity contribution in [1.29, 1.82) is 0 Å². The molecule has 1 heterocycles. The van der Waals surface area contributed by atoms with Crippen LogP contribution in [-0.2, 0) is 36.4 Å². The Bertz CT molecular complexity index is 611. The van der Waals surface area contributed by atoms with Gasteiger partial charge in [-0.25, -0.2) is 9.59 Å². The van der Waals surface area contributed by atoms with Crippen molar-refractivity contribution >= 4 is 17.8 Å². The van der Waals surface area contributed by atoms with Crippen LogP contribution in [0.4, 0.5) is 13.2 Å². The highest BCUT2D eigenvalue weighted by Crippen LogP contribution is 2.40. The van der Waals surface area contributed by atoms with E-state index < -0.39 is 35.1 Å². The molecule has 128 valence electrons. The van der Waals surface area contributed by atoms with E-state index in [2.05, 4.69) is 9.47 Å². The van der Waals surface area contributed by atoms with E-state index in [1.807, 2.05) is 0 Å². The normalized spacial score (nSPS) is 13.8. The van der Waals surface area contributed by atoms with E-state index >= 15 is 0 Å². The summed E-state index contributed by atoms with van der Waals surface area (Å²) in [6.45, 7) is 1.16. The van der Waals surface area contributed by atoms with Gasteiger partial charge in [0.25, 0.3) is 5.54 Å². The van der Waals surface area contributed by atoms with Crippen molar-refractivity contribution in [2.45, 2.75) is 18.6 Å². The quantitative estimate of drug-likeness (QED) is 0.644. The molecular formula is C13H15F3N2O5. The van der Waals surface area contributed by atoms with Crippen LogP contribution in [0.3, 0.4) is 0 Å². The molecule has 23 heavy (non-hydrogen) atoms. The van der Waals surface area contributed by atoms with Gasteiger partial charge in [0, 0.05) is 25.0 Å². The van der Waals surface area contributed by atoms with Gasteiger partial charge in [0.05, 0.1) is 13.7 Å². The van der Waals surface area contributed by atoms with Gasteiger partial charge in [0.2, 0.25) is 0 Å². The summed E-state index contributed by atoms with van der Waals surface area (Å²) in [5, 5.41) is 1.41. The first-order chi connectivity index (χ1) is 10.6.